The lowest BCUT2D eigenvalue weighted by Crippen LogP contribution is -2.43. The van der Waals surface area contributed by atoms with Crippen LogP contribution in [-0.2, 0) is 0 Å². The van der Waals surface area contributed by atoms with Crippen molar-refractivity contribution in [1.29, 1.82) is 0 Å². The van der Waals surface area contributed by atoms with Crippen LogP contribution in [0.2, 0.25) is 0 Å². The zero-order valence-electron chi connectivity index (χ0n) is 9.35. The molecule has 7 heteroatoms. The van der Waals surface area contributed by atoms with Crippen molar-refractivity contribution in [3.8, 4) is 0 Å². The van der Waals surface area contributed by atoms with Crippen LogP contribution in [0.25, 0.3) is 0 Å². The van der Waals surface area contributed by atoms with Gasteiger partial charge in [0.1, 0.15) is 0 Å². The zero-order chi connectivity index (χ0) is 12.6. The van der Waals surface area contributed by atoms with Gasteiger partial charge < -0.3 is 11.1 Å². The Kier molecular flexibility index (Phi) is 8.50. The molecule has 0 saturated carbocycles. The van der Waals surface area contributed by atoms with Crippen molar-refractivity contribution < 1.29 is 9.59 Å². The predicted octanol–water partition coefficient (Wildman–Crippen LogP) is 1.45. The second-order valence-electron chi connectivity index (χ2n) is 3.64. The number of nitrogens with one attached hydrogen (secondary N) is 1. The van der Waals surface area contributed by atoms with E-state index in [1.54, 1.807) is 0 Å². The summed E-state index contributed by atoms with van der Waals surface area (Å²) in [6, 6.07) is 0.596. The Balaban J connectivity index is 0.000000487. The van der Waals surface area contributed by atoms with Crippen LogP contribution in [0, 0.1) is 0 Å². The van der Waals surface area contributed by atoms with E-state index in [0.29, 0.717) is 12.7 Å². The number of amides is 2. The minimum Gasteiger partial charge on any atom is -0.361 e. The van der Waals surface area contributed by atoms with Crippen LogP contribution in [-0.4, -0.2) is 34.6 Å². The molecular formula is C9H19N3O2S2. The van der Waals surface area contributed by atoms with Crippen molar-refractivity contribution >= 4 is 35.7 Å². The molecule has 0 aromatic carbocycles. The molecule has 1 saturated heterocycles. The van der Waals surface area contributed by atoms with Gasteiger partial charge in [0.05, 0.1) is 6.67 Å². The molecule has 3 N–H and O–H groups in total. The van der Waals surface area contributed by atoms with Crippen molar-refractivity contribution in [3.05, 3.63) is 0 Å². The monoisotopic (exact) mass is 265 g/mol. The Labute approximate surface area is 107 Å². The molecule has 0 radical (unpaired) electrons. The van der Waals surface area contributed by atoms with Gasteiger partial charge >= 0.3 is 0 Å². The minimum absolute atomic E-state index is 0.243. The molecule has 1 aliphatic heterocycles. The smallest absolute Gasteiger partial charge is 0.276 e. The lowest BCUT2D eigenvalue weighted by atomic mass is 10.0. The molecule has 0 aliphatic carbocycles. The first-order valence-corrected chi connectivity index (χ1v) is 6.02. The summed E-state index contributed by atoms with van der Waals surface area (Å²) in [4.78, 5) is 21.9. The van der Waals surface area contributed by atoms with Crippen molar-refractivity contribution in [2.24, 2.45) is 5.73 Å². The maximum atomic E-state index is 10.5. The van der Waals surface area contributed by atoms with Gasteiger partial charge in [0.2, 0.25) is 0 Å². The second kappa shape index (κ2) is 8.72. The fourth-order valence-corrected chi connectivity index (χ4v) is 1.63. The van der Waals surface area contributed by atoms with Crippen LogP contribution in [0.3, 0.4) is 0 Å². The molecule has 1 fully saturated rings. The number of thiol groups is 2. The summed E-state index contributed by atoms with van der Waals surface area (Å²) < 4.78 is 0. The minimum atomic E-state index is -0.639. The number of nitrogens with two attached hydrogens (primary N) is 1. The highest BCUT2D eigenvalue weighted by atomic mass is 32.1. The van der Waals surface area contributed by atoms with E-state index in [4.69, 9.17) is 4.79 Å². The molecule has 1 aliphatic rings. The molecule has 5 nitrogen and oxygen atoms in total. The first-order chi connectivity index (χ1) is 7.43. The van der Waals surface area contributed by atoms with Crippen molar-refractivity contribution in [2.45, 2.75) is 32.2 Å². The lowest BCUT2D eigenvalue weighted by Gasteiger charge is -2.32. The fourth-order valence-electron chi connectivity index (χ4n) is 1.56. The lowest BCUT2D eigenvalue weighted by molar-refractivity contribution is 0.152. The molecule has 0 aromatic rings. The van der Waals surface area contributed by atoms with Crippen LogP contribution in [0.4, 0.5) is 9.59 Å². The molecule has 1 heterocycles. The van der Waals surface area contributed by atoms with Crippen LogP contribution in [0.1, 0.15) is 26.2 Å². The zero-order valence-corrected chi connectivity index (χ0v) is 11.1. The number of nitrogens with zero attached hydrogens (tertiary/aromatic N) is 1. The summed E-state index contributed by atoms with van der Waals surface area (Å²) in [6.07, 6.45) is 3.79. The summed E-state index contributed by atoms with van der Waals surface area (Å²) in [5.41, 5.74) is 4.34. The summed E-state index contributed by atoms with van der Waals surface area (Å²) in [6.45, 7) is 3.93. The first kappa shape index (κ1) is 15.6. The molecule has 0 bridgehead atoms. The van der Waals surface area contributed by atoms with Gasteiger partial charge in [-0.15, -0.1) is 0 Å². The van der Waals surface area contributed by atoms with Crippen molar-refractivity contribution in [3.63, 3.8) is 0 Å². The molecule has 1 rings (SSSR count). The SMILES string of the molecule is CC1CCCCN1CNC(=O)S.NC(=O)S. The fraction of sp³-hybridized carbons (Fsp3) is 0.778. The van der Waals surface area contributed by atoms with Crippen LogP contribution >= 0.6 is 25.3 Å². The predicted molar refractivity (Wildman–Crippen MR) is 71.0 cm³/mol. The van der Waals surface area contributed by atoms with Crippen molar-refractivity contribution in [1.82, 2.24) is 10.2 Å². The number of hydrogen-bond donors (Lipinski definition) is 4. The largest absolute Gasteiger partial charge is 0.361 e. The normalized spacial score (nSPS) is 20.6. The maximum absolute atomic E-state index is 10.5. The first-order valence-electron chi connectivity index (χ1n) is 5.12. The summed E-state index contributed by atoms with van der Waals surface area (Å²) >= 11 is 6.76. The highest BCUT2D eigenvalue weighted by molar-refractivity contribution is 7.96. The number of carbonyl (C=O) groups is 2. The third-order valence-electron chi connectivity index (χ3n) is 2.37. The van der Waals surface area contributed by atoms with Crippen LogP contribution < -0.4 is 11.1 Å². The highest BCUT2D eigenvalue weighted by Gasteiger charge is 2.17. The number of hydrogen-bond acceptors (Lipinski definition) is 3. The van der Waals surface area contributed by atoms with Gasteiger partial charge in [0, 0.05) is 12.6 Å². The molecule has 0 spiro atoms. The van der Waals surface area contributed by atoms with Crippen LogP contribution in [0.15, 0.2) is 0 Å². The average Bonchev–Trinajstić information content (AvgIpc) is 2.15. The van der Waals surface area contributed by atoms with E-state index in [-0.39, 0.29) is 5.24 Å². The third-order valence-corrected chi connectivity index (χ3v) is 2.53. The summed E-state index contributed by atoms with van der Waals surface area (Å²) in [5.74, 6) is 0. The number of piperidine rings is 1. The quantitative estimate of drug-likeness (QED) is 0.571. The van der Waals surface area contributed by atoms with Crippen molar-refractivity contribution in [2.75, 3.05) is 13.2 Å². The second-order valence-corrected chi connectivity index (χ2v) is 4.48. The van der Waals surface area contributed by atoms with Gasteiger partial charge in [-0.3, -0.25) is 14.5 Å². The van der Waals surface area contributed by atoms with E-state index < -0.39 is 5.24 Å². The van der Waals surface area contributed by atoms with Crippen LogP contribution in [0.5, 0.6) is 0 Å². The molecule has 1 atom stereocenters. The maximum Gasteiger partial charge on any atom is 0.276 e. The summed E-state index contributed by atoms with van der Waals surface area (Å²) in [7, 11) is 0. The van der Waals surface area contributed by atoms with E-state index in [9.17, 15) is 4.79 Å². The number of carbonyl (C=O) groups excluding carboxylic acids is 2. The Morgan fingerprint density at radius 2 is 2.00 bits per heavy atom. The Morgan fingerprint density at radius 1 is 1.44 bits per heavy atom. The Hall–Kier alpha value is -0.400. The van der Waals surface area contributed by atoms with E-state index in [2.05, 4.69) is 48.1 Å². The topological polar surface area (TPSA) is 75.4 Å². The summed E-state index contributed by atoms with van der Waals surface area (Å²) in [5, 5.41) is 1.82. The Morgan fingerprint density at radius 3 is 2.44 bits per heavy atom. The van der Waals surface area contributed by atoms with Gasteiger partial charge in [-0.2, -0.15) is 0 Å². The van der Waals surface area contributed by atoms with E-state index in [1.807, 2.05) is 0 Å². The van der Waals surface area contributed by atoms with E-state index in [1.165, 1.54) is 19.3 Å². The molecule has 94 valence electrons. The van der Waals surface area contributed by atoms with Gasteiger partial charge in [0.25, 0.3) is 10.5 Å². The van der Waals surface area contributed by atoms with E-state index >= 15 is 0 Å². The molecule has 0 aromatic heterocycles. The van der Waals surface area contributed by atoms with Gasteiger partial charge in [0.15, 0.2) is 0 Å². The average molecular weight is 265 g/mol. The Bertz CT molecular complexity index is 235. The molecule has 1 unspecified atom stereocenters. The van der Waals surface area contributed by atoms with E-state index in [0.717, 1.165) is 6.54 Å². The van der Waals surface area contributed by atoms with Gasteiger partial charge in [-0.05, 0) is 19.8 Å². The highest BCUT2D eigenvalue weighted by Crippen LogP contribution is 2.14. The standard InChI is InChI=1S/C8H16N2OS.CH3NOS/c1-7-4-2-3-5-10(7)6-9-8(11)12;2-1(3)4/h7H,2-6H2,1H3,(H2,9,11,12);(H3,2,3,4). The molecule has 16 heavy (non-hydrogen) atoms. The number of rotatable bonds is 2. The molecule has 2 amide bonds. The number of primary amides is 1. The van der Waals surface area contributed by atoms with Gasteiger partial charge in [-0.25, -0.2) is 0 Å². The van der Waals surface area contributed by atoms with Gasteiger partial charge in [-0.1, -0.05) is 31.7 Å². The number of likely N-dealkylation sites (tertiary alicyclic amines) is 1. The molecular weight excluding hydrogens is 246 g/mol. The third kappa shape index (κ3) is 8.87.